The van der Waals surface area contributed by atoms with Gasteiger partial charge in [-0.15, -0.1) is 10.2 Å². The molecule has 0 spiro atoms. The number of hydrogen-bond acceptors (Lipinski definition) is 7. The number of carbonyl (C=O) groups is 1. The highest BCUT2D eigenvalue weighted by Crippen LogP contribution is 2.25. The minimum atomic E-state index is -0.131. The Balaban J connectivity index is 1.62. The van der Waals surface area contributed by atoms with Crippen molar-refractivity contribution >= 4 is 23.4 Å². The van der Waals surface area contributed by atoms with Gasteiger partial charge < -0.3 is 15.5 Å². The fourth-order valence-electron chi connectivity index (χ4n) is 3.36. The second kappa shape index (κ2) is 11.3. The van der Waals surface area contributed by atoms with Gasteiger partial charge in [0.1, 0.15) is 12.4 Å². The standard InChI is InChI=1S/C26H32N6O2S/c1-18-7-10-21(15-19(18)2)31(14-6-13-27)24(33)17-35-25-30-29-23(32(25)28)16-34-22-11-8-20(9-12-22)26(3,4)5/h7-12,15H,6,14,16-17,28H2,1-5H3. The molecule has 1 heterocycles. The number of hydrogen-bond donors (Lipinski definition) is 1. The van der Waals surface area contributed by atoms with Crippen LogP contribution in [0.5, 0.6) is 5.75 Å². The van der Waals surface area contributed by atoms with E-state index in [1.807, 2.05) is 56.3 Å². The molecular weight excluding hydrogens is 460 g/mol. The predicted molar refractivity (Wildman–Crippen MR) is 139 cm³/mol. The van der Waals surface area contributed by atoms with Crippen LogP contribution in [0, 0.1) is 25.2 Å². The van der Waals surface area contributed by atoms with Gasteiger partial charge in [-0.2, -0.15) is 5.26 Å². The summed E-state index contributed by atoms with van der Waals surface area (Å²) in [7, 11) is 0. The van der Waals surface area contributed by atoms with Crippen LogP contribution in [0.3, 0.4) is 0 Å². The van der Waals surface area contributed by atoms with Crippen molar-refractivity contribution in [3.05, 3.63) is 65.0 Å². The quantitative estimate of drug-likeness (QED) is 0.345. The third-order valence-electron chi connectivity index (χ3n) is 5.70. The average molecular weight is 493 g/mol. The highest BCUT2D eigenvalue weighted by Gasteiger charge is 2.19. The Kier molecular flexibility index (Phi) is 8.41. The molecule has 0 bridgehead atoms. The van der Waals surface area contributed by atoms with Gasteiger partial charge in [0.05, 0.1) is 18.2 Å². The number of benzene rings is 2. The van der Waals surface area contributed by atoms with Crippen molar-refractivity contribution in [2.24, 2.45) is 0 Å². The lowest BCUT2D eigenvalue weighted by Crippen LogP contribution is -2.33. The van der Waals surface area contributed by atoms with Crippen molar-refractivity contribution in [2.75, 3.05) is 23.0 Å². The lowest BCUT2D eigenvalue weighted by atomic mass is 9.87. The van der Waals surface area contributed by atoms with E-state index in [1.165, 1.54) is 22.0 Å². The summed E-state index contributed by atoms with van der Waals surface area (Å²) < 4.78 is 7.17. The van der Waals surface area contributed by atoms with Crippen LogP contribution in [0.15, 0.2) is 47.6 Å². The van der Waals surface area contributed by atoms with Crippen molar-refractivity contribution in [3.63, 3.8) is 0 Å². The first-order valence-electron chi connectivity index (χ1n) is 11.4. The van der Waals surface area contributed by atoms with E-state index in [1.54, 1.807) is 4.90 Å². The Morgan fingerprint density at radius 2 is 1.86 bits per heavy atom. The van der Waals surface area contributed by atoms with Crippen LogP contribution in [0.4, 0.5) is 5.69 Å². The number of carbonyl (C=O) groups excluding carboxylic acids is 1. The second-order valence-electron chi connectivity index (χ2n) is 9.34. The smallest absolute Gasteiger partial charge is 0.237 e. The summed E-state index contributed by atoms with van der Waals surface area (Å²) in [4.78, 5) is 14.6. The average Bonchev–Trinajstić information content (AvgIpc) is 3.17. The van der Waals surface area contributed by atoms with Crippen LogP contribution >= 0.6 is 11.8 Å². The van der Waals surface area contributed by atoms with Crippen molar-refractivity contribution in [1.82, 2.24) is 14.9 Å². The zero-order valence-corrected chi connectivity index (χ0v) is 21.7. The molecule has 0 aliphatic rings. The van der Waals surface area contributed by atoms with E-state index >= 15 is 0 Å². The summed E-state index contributed by atoms with van der Waals surface area (Å²) in [5, 5.41) is 17.7. The van der Waals surface area contributed by atoms with Gasteiger partial charge in [0.2, 0.25) is 11.1 Å². The maximum atomic E-state index is 13.0. The summed E-state index contributed by atoms with van der Waals surface area (Å²) in [5.41, 5.74) is 4.30. The summed E-state index contributed by atoms with van der Waals surface area (Å²) in [5.74, 6) is 7.31. The molecule has 35 heavy (non-hydrogen) atoms. The first kappa shape index (κ1) is 26.1. The molecule has 3 rings (SSSR count). The number of thioether (sulfide) groups is 1. The number of nitrogens with two attached hydrogens (primary N) is 1. The topological polar surface area (TPSA) is 110 Å². The Morgan fingerprint density at radius 3 is 2.49 bits per heavy atom. The van der Waals surface area contributed by atoms with Crippen LogP contribution in [0.1, 0.15) is 49.7 Å². The summed E-state index contributed by atoms with van der Waals surface area (Å²) in [6, 6.07) is 15.9. The predicted octanol–water partition coefficient (Wildman–Crippen LogP) is 4.52. The van der Waals surface area contributed by atoms with E-state index in [4.69, 9.17) is 15.8 Å². The van der Waals surface area contributed by atoms with E-state index in [-0.39, 0.29) is 30.1 Å². The van der Waals surface area contributed by atoms with E-state index < -0.39 is 0 Å². The molecule has 9 heteroatoms. The molecule has 0 fully saturated rings. The maximum absolute atomic E-state index is 13.0. The van der Waals surface area contributed by atoms with Crippen LogP contribution in [-0.2, 0) is 16.8 Å². The van der Waals surface area contributed by atoms with Crippen LogP contribution < -0.4 is 15.5 Å². The van der Waals surface area contributed by atoms with Crippen molar-refractivity contribution in [2.45, 2.75) is 58.2 Å². The Morgan fingerprint density at radius 1 is 1.14 bits per heavy atom. The molecule has 0 radical (unpaired) electrons. The van der Waals surface area contributed by atoms with E-state index in [9.17, 15) is 4.79 Å². The van der Waals surface area contributed by atoms with Crippen LogP contribution in [0.25, 0.3) is 0 Å². The maximum Gasteiger partial charge on any atom is 0.237 e. The van der Waals surface area contributed by atoms with E-state index in [0.29, 0.717) is 23.3 Å². The minimum absolute atomic E-state index is 0.0714. The first-order valence-corrected chi connectivity index (χ1v) is 12.4. The molecule has 1 amide bonds. The summed E-state index contributed by atoms with van der Waals surface area (Å²) in [6.07, 6.45) is 0.245. The first-order chi connectivity index (χ1) is 16.6. The van der Waals surface area contributed by atoms with Gasteiger partial charge in [-0.3, -0.25) is 4.79 Å². The molecule has 0 aliphatic heterocycles. The Labute approximate surface area is 211 Å². The molecule has 0 atom stereocenters. The normalized spacial score (nSPS) is 11.2. The number of anilines is 1. The third-order valence-corrected chi connectivity index (χ3v) is 6.63. The van der Waals surface area contributed by atoms with Crippen molar-refractivity contribution in [1.29, 1.82) is 5.26 Å². The van der Waals surface area contributed by atoms with Gasteiger partial charge in [-0.1, -0.05) is 50.7 Å². The summed E-state index contributed by atoms with van der Waals surface area (Å²) in [6.45, 7) is 11.0. The molecule has 2 aromatic carbocycles. The van der Waals surface area contributed by atoms with Gasteiger partial charge >= 0.3 is 0 Å². The van der Waals surface area contributed by atoms with Gasteiger partial charge in [-0.05, 0) is 60.2 Å². The van der Waals surface area contributed by atoms with E-state index in [2.05, 4.69) is 37.0 Å². The minimum Gasteiger partial charge on any atom is -0.486 e. The molecule has 2 N–H and O–H groups in total. The molecule has 3 aromatic rings. The number of ether oxygens (including phenoxy) is 1. The van der Waals surface area contributed by atoms with Gasteiger partial charge in [0, 0.05) is 12.2 Å². The highest BCUT2D eigenvalue weighted by atomic mass is 32.2. The lowest BCUT2D eigenvalue weighted by molar-refractivity contribution is -0.116. The van der Waals surface area contributed by atoms with Gasteiger partial charge in [0.15, 0.2) is 5.82 Å². The fourth-order valence-corrected chi connectivity index (χ4v) is 4.11. The number of aryl methyl sites for hydroxylation is 2. The molecular formula is C26H32N6O2S. The SMILES string of the molecule is Cc1ccc(N(CCC#N)C(=O)CSc2nnc(COc3ccc(C(C)(C)C)cc3)n2N)cc1C. The molecule has 8 nitrogen and oxygen atoms in total. The number of aromatic nitrogens is 3. The second-order valence-corrected chi connectivity index (χ2v) is 10.3. The van der Waals surface area contributed by atoms with Crippen LogP contribution in [0.2, 0.25) is 0 Å². The number of nitrogen functional groups attached to an aromatic ring is 1. The number of amides is 1. The highest BCUT2D eigenvalue weighted by molar-refractivity contribution is 7.99. The zero-order chi connectivity index (χ0) is 25.6. The Bertz CT molecular complexity index is 1210. The Hall–Kier alpha value is -3.51. The van der Waals surface area contributed by atoms with Gasteiger partial charge in [-0.25, -0.2) is 4.68 Å². The lowest BCUT2D eigenvalue weighted by Gasteiger charge is -2.22. The molecule has 0 saturated heterocycles. The molecule has 1 aromatic heterocycles. The largest absolute Gasteiger partial charge is 0.486 e. The van der Waals surface area contributed by atoms with Crippen molar-refractivity contribution < 1.29 is 9.53 Å². The summed E-state index contributed by atoms with van der Waals surface area (Å²) >= 11 is 1.20. The third kappa shape index (κ3) is 6.76. The van der Waals surface area contributed by atoms with E-state index in [0.717, 1.165) is 16.8 Å². The number of nitriles is 1. The molecule has 0 saturated carbocycles. The zero-order valence-electron chi connectivity index (χ0n) is 20.9. The monoisotopic (exact) mass is 492 g/mol. The molecule has 0 aliphatic carbocycles. The van der Waals surface area contributed by atoms with Crippen molar-refractivity contribution in [3.8, 4) is 11.8 Å². The van der Waals surface area contributed by atoms with Gasteiger partial charge in [0.25, 0.3) is 0 Å². The number of rotatable bonds is 9. The molecule has 0 unspecified atom stereocenters. The van der Waals surface area contributed by atoms with Crippen LogP contribution in [-0.4, -0.2) is 33.1 Å². The molecule has 184 valence electrons. The fraction of sp³-hybridized carbons (Fsp3) is 0.385. The number of nitrogens with zero attached hydrogens (tertiary/aromatic N) is 5.